The molecule has 0 unspecified atom stereocenters. The summed E-state index contributed by atoms with van der Waals surface area (Å²) < 4.78 is 42.2. The number of fused-ring (bicyclic) bond motifs is 2. The Morgan fingerprint density at radius 3 is 2.47 bits per heavy atom. The summed E-state index contributed by atoms with van der Waals surface area (Å²) in [6.07, 6.45) is 0.914. The largest absolute Gasteiger partial charge is 0.491 e. The van der Waals surface area contributed by atoms with Crippen LogP contribution in [0.1, 0.15) is 28.9 Å². The van der Waals surface area contributed by atoms with Crippen LogP contribution >= 0.6 is 0 Å². The minimum Gasteiger partial charge on any atom is -0.491 e. The minimum absolute atomic E-state index is 0.115. The normalized spacial score (nSPS) is 14.6. The SMILES string of the molecule is COc1cc2c(=O)n(-c3cc(F)cc4c3cc(C)n4C)cc(C(=O)N3CCC(F)CC3)c2nc1OC. The average molecular weight is 497 g/mol. The van der Waals surface area contributed by atoms with Crippen molar-refractivity contribution in [3.8, 4) is 17.3 Å². The van der Waals surface area contributed by atoms with Gasteiger partial charge in [0, 0.05) is 43.5 Å². The molecule has 4 heterocycles. The third-order valence-corrected chi connectivity index (χ3v) is 6.88. The van der Waals surface area contributed by atoms with Crippen LogP contribution in [0.4, 0.5) is 8.78 Å². The maximum Gasteiger partial charge on any atom is 0.264 e. The number of halogens is 2. The number of piperidine rings is 1. The maximum absolute atomic E-state index is 14.7. The summed E-state index contributed by atoms with van der Waals surface area (Å²) in [5.74, 6) is -0.576. The predicted octanol–water partition coefficient (Wildman–Crippen LogP) is 3.92. The van der Waals surface area contributed by atoms with Crippen molar-refractivity contribution in [1.29, 1.82) is 0 Å². The summed E-state index contributed by atoms with van der Waals surface area (Å²) in [4.78, 5) is 33.4. The molecule has 1 aliphatic heterocycles. The van der Waals surface area contributed by atoms with E-state index in [1.165, 1.54) is 43.2 Å². The van der Waals surface area contributed by atoms with Crippen LogP contribution < -0.4 is 15.0 Å². The van der Waals surface area contributed by atoms with Gasteiger partial charge in [0.25, 0.3) is 17.3 Å². The molecule has 3 aromatic heterocycles. The molecule has 8 nitrogen and oxygen atoms in total. The van der Waals surface area contributed by atoms with Crippen LogP contribution in [0.2, 0.25) is 0 Å². The van der Waals surface area contributed by atoms with E-state index in [1.807, 2.05) is 24.6 Å². The molecule has 188 valence electrons. The second-order valence-electron chi connectivity index (χ2n) is 8.98. The highest BCUT2D eigenvalue weighted by Gasteiger charge is 2.28. The Morgan fingerprint density at radius 2 is 1.81 bits per heavy atom. The molecule has 1 fully saturated rings. The first-order valence-corrected chi connectivity index (χ1v) is 11.6. The first kappa shape index (κ1) is 23.8. The Hall–Kier alpha value is -3.95. The highest BCUT2D eigenvalue weighted by molar-refractivity contribution is 6.06. The number of hydrogen-bond donors (Lipinski definition) is 0. The molecule has 36 heavy (non-hydrogen) atoms. The molecule has 1 aliphatic rings. The van der Waals surface area contributed by atoms with Gasteiger partial charge < -0.3 is 18.9 Å². The first-order chi connectivity index (χ1) is 17.2. The van der Waals surface area contributed by atoms with Crippen LogP contribution in [0.25, 0.3) is 27.5 Å². The van der Waals surface area contributed by atoms with Crippen LogP contribution in [0.15, 0.2) is 35.3 Å². The molecular formula is C26H26F2N4O4. The van der Waals surface area contributed by atoms with Crippen molar-refractivity contribution in [3.05, 3.63) is 57.9 Å². The Bertz CT molecular complexity index is 1570. The van der Waals surface area contributed by atoms with Gasteiger partial charge in [0.1, 0.15) is 12.0 Å². The van der Waals surface area contributed by atoms with E-state index < -0.39 is 23.5 Å². The second-order valence-corrected chi connectivity index (χ2v) is 8.98. The van der Waals surface area contributed by atoms with Gasteiger partial charge >= 0.3 is 0 Å². The molecule has 0 spiro atoms. The van der Waals surface area contributed by atoms with Gasteiger partial charge in [-0.25, -0.2) is 13.8 Å². The van der Waals surface area contributed by atoms with Crippen LogP contribution in [0.5, 0.6) is 11.6 Å². The molecule has 0 atom stereocenters. The zero-order valence-electron chi connectivity index (χ0n) is 20.5. The van der Waals surface area contributed by atoms with Crippen LogP contribution in [-0.4, -0.2) is 58.4 Å². The minimum atomic E-state index is -0.955. The monoisotopic (exact) mass is 496 g/mol. The number of benzene rings is 1. The molecule has 0 N–H and O–H groups in total. The highest BCUT2D eigenvalue weighted by atomic mass is 19.1. The number of aromatic nitrogens is 3. The molecule has 1 aromatic carbocycles. The van der Waals surface area contributed by atoms with E-state index in [0.29, 0.717) is 16.6 Å². The summed E-state index contributed by atoms with van der Waals surface area (Å²) >= 11 is 0. The van der Waals surface area contributed by atoms with Crippen molar-refractivity contribution < 1.29 is 23.0 Å². The van der Waals surface area contributed by atoms with Crippen molar-refractivity contribution in [3.63, 3.8) is 0 Å². The lowest BCUT2D eigenvalue weighted by Gasteiger charge is -2.29. The van der Waals surface area contributed by atoms with Gasteiger partial charge in [-0.1, -0.05) is 0 Å². The zero-order chi connectivity index (χ0) is 25.7. The number of aryl methyl sites for hydroxylation is 2. The highest BCUT2D eigenvalue weighted by Crippen LogP contribution is 2.32. The topological polar surface area (TPSA) is 78.6 Å². The van der Waals surface area contributed by atoms with Gasteiger partial charge in [0.05, 0.1) is 41.9 Å². The van der Waals surface area contributed by atoms with Crippen molar-refractivity contribution in [2.45, 2.75) is 25.9 Å². The van der Waals surface area contributed by atoms with E-state index in [-0.39, 0.29) is 54.0 Å². The Kier molecular flexibility index (Phi) is 5.89. The Balaban J connectivity index is 1.82. The zero-order valence-corrected chi connectivity index (χ0v) is 20.5. The van der Waals surface area contributed by atoms with Crippen LogP contribution in [0.3, 0.4) is 0 Å². The summed E-state index contributed by atoms with van der Waals surface area (Å²) in [5.41, 5.74) is 1.56. The van der Waals surface area contributed by atoms with E-state index in [9.17, 15) is 18.4 Å². The fraction of sp³-hybridized carbons (Fsp3) is 0.346. The van der Waals surface area contributed by atoms with Crippen LogP contribution in [-0.2, 0) is 7.05 Å². The summed E-state index contributed by atoms with van der Waals surface area (Å²) in [5, 5.41) is 0.770. The first-order valence-electron chi connectivity index (χ1n) is 11.6. The number of ether oxygens (including phenoxy) is 2. The fourth-order valence-corrected chi connectivity index (χ4v) is 4.78. The lowest BCUT2D eigenvalue weighted by atomic mass is 10.1. The maximum atomic E-state index is 14.7. The number of pyridine rings is 2. The molecule has 1 amide bonds. The summed E-state index contributed by atoms with van der Waals surface area (Å²) in [6.45, 7) is 2.38. The van der Waals surface area contributed by atoms with Crippen molar-refractivity contribution >= 4 is 27.7 Å². The number of methoxy groups -OCH3 is 2. The van der Waals surface area contributed by atoms with Gasteiger partial charge in [-0.05, 0) is 38.0 Å². The van der Waals surface area contributed by atoms with Gasteiger partial charge in [-0.15, -0.1) is 0 Å². The van der Waals surface area contributed by atoms with Gasteiger partial charge in [-0.3, -0.25) is 14.2 Å². The third-order valence-electron chi connectivity index (χ3n) is 6.88. The molecule has 0 aliphatic carbocycles. The van der Waals surface area contributed by atoms with Crippen molar-refractivity contribution in [2.24, 2.45) is 7.05 Å². The molecule has 4 aromatic rings. The summed E-state index contributed by atoms with van der Waals surface area (Å²) in [7, 11) is 4.64. The number of amides is 1. The van der Waals surface area contributed by atoms with Gasteiger partial charge in [-0.2, -0.15) is 0 Å². The lowest BCUT2D eigenvalue weighted by molar-refractivity contribution is 0.0668. The number of carbonyl (C=O) groups is 1. The Labute approximate surface area is 205 Å². The Morgan fingerprint density at radius 1 is 1.08 bits per heavy atom. The van der Waals surface area contributed by atoms with E-state index in [2.05, 4.69) is 4.98 Å². The molecule has 0 bridgehead atoms. The third kappa shape index (κ3) is 3.77. The van der Waals surface area contributed by atoms with E-state index in [1.54, 1.807) is 4.90 Å². The van der Waals surface area contributed by atoms with E-state index in [4.69, 9.17) is 9.47 Å². The number of nitrogens with zero attached hydrogens (tertiary/aromatic N) is 4. The number of hydrogen-bond acceptors (Lipinski definition) is 5. The second kappa shape index (κ2) is 8.92. The number of rotatable bonds is 4. The molecule has 1 saturated heterocycles. The molecule has 5 rings (SSSR count). The number of carbonyl (C=O) groups excluding carboxylic acids is 1. The molecule has 10 heteroatoms. The quantitative estimate of drug-likeness (QED) is 0.428. The average Bonchev–Trinajstić information content (AvgIpc) is 3.16. The lowest BCUT2D eigenvalue weighted by Crippen LogP contribution is -2.39. The molecule has 0 radical (unpaired) electrons. The molecular weight excluding hydrogens is 470 g/mol. The van der Waals surface area contributed by atoms with Gasteiger partial charge in [0.2, 0.25) is 0 Å². The van der Waals surface area contributed by atoms with E-state index >= 15 is 0 Å². The van der Waals surface area contributed by atoms with Crippen molar-refractivity contribution in [2.75, 3.05) is 27.3 Å². The molecule has 0 saturated carbocycles. The van der Waals surface area contributed by atoms with Crippen molar-refractivity contribution in [1.82, 2.24) is 19.0 Å². The van der Waals surface area contributed by atoms with E-state index in [0.717, 1.165) is 5.69 Å². The number of likely N-dealkylation sites (tertiary alicyclic amines) is 1. The standard InChI is InChI=1S/C26H26F2N4O4/c1-14-9-17-20(30(14)2)10-16(28)11-21(17)32-13-19(25(33)31-7-5-15(27)6-8-31)23-18(26(32)34)12-22(35-3)24(29-23)36-4/h9-13,15H,5-8H2,1-4H3. The smallest absolute Gasteiger partial charge is 0.264 e. The fourth-order valence-electron chi connectivity index (χ4n) is 4.78. The van der Waals surface area contributed by atoms with Crippen LogP contribution in [0, 0.1) is 12.7 Å². The van der Waals surface area contributed by atoms with Gasteiger partial charge in [0.15, 0.2) is 5.75 Å². The number of alkyl halides is 1. The summed E-state index contributed by atoms with van der Waals surface area (Å²) in [6, 6.07) is 6.00. The predicted molar refractivity (Wildman–Crippen MR) is 132 cm³/mol.